The summed E-state index contributed by atoms with van der Waals surface area (Å²) in [4.78, 5) is 37.9. The minimum absolute atomic E-state index is 0.0498. The Hall–Kier alpha value is -2.52. The molecule has 1 saturated heterocycles. The first-order valence-electron chi connectivity index (χ1n) is 9.16. The second-order valence-electron chi connectivity index (χ2n) is 6.87. The van der Waals surface area contributed by atoms with Crippen LogP contribution in [0.2, 0.25) is 0 Å². The first-order valence-corrected chi connectivity index (χ1v) is 10.9. The third-order valence-corrected chi connectivity index (χ3v) is 7.45. The van der Waals surface area contributed by atoms with Crippen LogP contribution in [0.15, 0.2) is 17.8 Å². The highest BCUT2D eigenvalue weighted by molar-refractivity contribution is 7.19. The van der Waals surface area contributed by atoms with Crippen molar-refractivity contribution in [3.63, 3.8) is 0 Å². The Morgan fingerprint density at radius 3 is 3.11 bits per heavy atom. The van der Waals surface area contributed by atoms with Crippen molar-refractivity contribution in [1.29, 1.82) is 0 Å². The number of fused-ring (bicyclic) bond motifs is 3. The molecule has 144 valence electrons. The van der Waals surface area contributed by atoms with Crippen molar-refractivity contribution in [1.82, 2.24) is 9.97 Å². The van der Waals surface area contributed by atoms with E-state index in [1.165, 1.54) is 28.9 Å². The fourth-order valence-electron chi connectivity index (χ4n) is 3.99. The maximum absolute atomic E-state index is 13.1. The first-order chi connectivity index (χ1) is 13.7. The summed E-state index contributed by atoms with van der Waals surface area (Å²) in [6.07, 6.45) is 5.51. The summed E-state index contributed by atoms with van der Waals surface area (Å²) in [5.74, 6) is 0.266. The molecule has 2 aliphatic rings. The zero-order chi connectivity index (χ0) is 19.3. The van der Waals surface area contributed by atoms with E-state index in [1.54, 1.807) is 34.0 Å². The van der Waals surface area contributed by atoms with Crippen LogP contribution in [0.4, 0.5) is 10.8 Å². The molecule has 3 aromatic rings. The van der Waals surface area contributed by atoms with Crippen LogP contribution in [0.1, 0.15) is 33.6 Å². The van der Waals surface area contributed by atoms with Crippen molar-refractivity contribution in [2.24, 2.45) is 0 Å². The van der Waals surface area contributed by atoms with Crippen molar-refractivity contribution in [2.75, 3.05) is 23.9 Å². The first kappa shape index (κ1) is 17.6. The molecule has 0 aromatic carbocycles. The van der Waals surface area contributed by atoms with Crippen LogP contribution in [0.25, 0.3) is 10.2 Å². The van der Waals surface area contributed by atoms with Gasteiger partial charge in [0.05, 0.1) is 18.1 Å². The lowest BCUT2D eigenvalue weighted by Crippen LogP contribution is -2.34. The average molecular weight is 415 g/mol. The summed E-state index contributed by atoms with van der Waals surface area (Å²) in [5, 5.41) is 6.87. The number of esters is 1. The number of hydrogen-bond donors (Lipinski definition) is 1. The SMILES string of the molecule is COC(=O)c1ccsc1N1CCC(Nc2ncnc3sc4c(c23)CCC4)C1=O. The predicted octanol–water partition coefficient (Wildman–Crippen LogP) is 3.25. The molecule has 1 fully saturated rings. The number of nitrogens with one attached hydrogen (secondary N) is 1. The van der Waals surface area contributed by atoms with Crippen LogP contribution in [-0.4, -0.2) is 41.5 Å². The standard InChI is InChI=1S/C19H18N4O3S2/c1-26-19(25)11-6-8-27-18(11)23-7-5-12(17(23)24)22-15-14-10-3-2-4-13(10)28-16(14)21-9-20-15/h6,8-9,12H,2-5,7H2,1H3,(H,20,21,22). The Kier molecular flexibility index (Phi) is 4.28. The number of methoxy groups -OCH3 is 1. The summed E-state index contributed by atoms with van der Waals surface area (Å²) in [6.45, 7) is 0.553. The zero-order valence-corrected chi connectivity index (χ0v) is 16.9. The summed E-state index contributed by atoms with van der Waals surface area (Å²) >= 11 is 3.10. The van der Waals surface area contributed by atoms with Crippen molar-refractivity contribution in [2.45, 2.75) is 31.7 Å². The van der Waals surface area contributed by atoms with E-state index in [4.69, 9.17) is 4.74 Å². The molecule has 0 saturated carbocycles. The lowest BCUT2D eigenvalue weighted by atomic mass is 10.1. The number of aryl methyl sites for hydroxylation is 2. The van der Waals surface area contributed by atoms with Gasteiger partial charge in [-0.25, -0.2) is 14.8 Å². The van der Waals surface area contributed by atoms with Gasteiger partial charge in [0.15, 0.2) is 0 Å². The normalized spacial score (nSPS) is 18.7. The summed E-state index contributed by atoms with van der Waals surface area (Å²) in [7, 11) is 1.35. The molecule has 0 radical (unpaired) electrons. The molecule has 5 rings (SSSR count). The zero-order valence-electron chi connectivity index (χ0n) is 15.2. The van der Waals surface area contributed by atoms with E-state index in [1.807, 2.05) is 0 Å². The summed E-state index contributed by atoms with van der Waals surface area (Å²) in [5.41, 5.74) is 1.76. The van der Waals surface area contributed by atoms with E-state index in [0.717, 1.165) is 35.3 Å². The molecule has 7 nitrogen and oxygen atoms in total. The van der Waals surface area contributed by atoms with Gasteiger partial charge in [-0.1, -0.05) is 0 Å². The molecule has 1 unspecified atom stereocenters. The molecule has 3 aromatic heterocycles. The topological polar surface area (TPSA) is 84.4 Å². The fraction of sp³-hybridized carbons (Fsp3) is 0.368. The molecule has 1 atom stereocenters. The minimum Gasteiger partial charge on any atom is -0.465 e. The highest BCUT2D eigenvalue weighted by Gasteiger charge is 2.36. The molecular weight excluding hydrogens is 396 g/mol. The highest BCUT2D eigenvalue weighted by atomic mass is 32.1. The van der Waals surface area contributed by atoms with Gasteiger partial charge in [-0.3, -0.25) is 4.79 Å². The molecule has 1 N–H and O–H groups in total. The van der Waals surface area contributed by atoms with Gasteiger partial charge in [0.2, 0.25) is 5.91 Å². The number of amides is 1. The quantitative estimate of drug-likeness (QED) is 0.660. The van der Waals surface area contributed by atoms with Gasteiger partial charge < -0.3 is 15.0 Å². The number of nitrogens with zero attached hydrogens (tertiary/aromatic N) is 3. The van der Waals surface area contributed by atoms with Crippen molar-refractivity contribution in [3.8, 4) is 0 Å². The number of anilines is 2. The molecule has 0 spiro atoms. The van der Waals surface area contributed by atoms with Gasteiger partial charge in [0.25, 0.3) is 0 Å². The molecule has 1 amide bonds. The molecule has 4 heterocycles. The monoisotopic (exact) mass is 414 g/mol. The number of carbonyl (C=O) groups is 2. The summed E-state index contributed by atoms with van der Waals surface area (Å²) in [6, 6.07) is 1.32. The second-order valence-corrected chi connectivity index (χ2v) is 8.84. The number of thiophene rings is 2. The second kappa shape index (κ2) is 6.82. The Labute approximate surface area is 169 Å². The van der Waals surface area contributed by atoms with Crippen LogP contribution in [0, 0.1) is 0 Å². The van der Waals surface area contributed by atoms with Crippen LogP contribution in [0.5, 0.6) is 0 Å². The third-order valence-electron chi connectivity index (χ3n) is 5.31. The van der Waals surface area contributed by atoms with Crippen LogP contribution >= 0.6 is 22.7 Å². The van der Waals surface area contributed by atoms with Crippen LogP contribution in [0.3, 0.4) is 0 Å². The lowest BCUT2D eigenvalue weighted by Gasteiger charge is -2.17. The van der Waals surface area contributed by atoms with Crippen molar-refractivity contribution in [3.05, 3.63) is 33.8 Å². The van der Waals surface area contributed by atoms with Crippen LogP contribution < -0.4 is 10.2 Å². The number of carbonyl (C=O) groups excluding carboxylic acids is 2. The molecule has 28 heavy (non-hydrogen) atoms. The molecule has 9 heteroatoms. The van der Waals surface area contributed by atoms with E-state index >= 15 is 0 Å². The Morgan fingerprint density at radius 2 is 2.25 bits per heavy atom. The van der Waals surface area contributed by atoms with E-state index in [9.17, 15) is 9.59 Å². The minimum atomic E-state index is -0.424. The smallest absolute Gasteiger partial charge is 0.340 e. The van der Waals surface area contributed by atoms with Crippen molar-refractivity contribution < 1.29 is 14.3 Å². The fourth-order valence-corrected chi connectivity index (χ4v) is 6.14. The maximum Gasteiger partial charge on any atom is 0.340 e. The van der Waals surface area contributed by atoms with E-state index in [-0.39, 0.29) is 11.9 Å². The molecule has 1 aliphatic carbocycles. The maximum atomic E-state index is 13.1. The average Bonchev–Trinajstić information content (AvgIpc) is 3.45. The predicted molar refractivity (Wildman–Crippen MR) is 109 cm³/mol. The lowest BCUT2D eigenvalue weighted by molar-refractivity contribution is -0.117. The van der Waals surface area contributed by atoms with Crippen LogP contribution in [-0.2, 0) is 22.4 Å². The molecular formula is C19H18N4O3S2. The van der Waals surface area contributed by atoms with Gasteiger partial charge in [-0.2, -0.15) is 0 Å². The van der Waals surface area contributed by atoms with Gasteiger partial charge in [-0.15, -0.1) is 22.7 Å². The van der Waals surface area contributed by atoms with E-state index in [2.05, 4.69) is 15.3 Å². The molecule has 0 bridgehead atoms. The number of ether oxygens (including phenoxy) is 1. The Bertz CT molecular complexity index is 1090. The number of aromatic nitrogens is 2. The van der Waals surface area contributed by atoms with Gasteiger partial charge in [-0.05, 0) is 42.7 Å². The third kappa shape index (κ3) is 2.68. The highest BCUT2D eigenvalue weighted by Crippen LogP contribution is 2.40. The van der Waals surface area contributed by atoms with Gasteiger partial charge in [0, 0.05) is 11.4 Å². The van der Waals surface area contributed by atoms with Crippen molar-refractivity contribution >= 4 is 55.6 Å². The van der Waals surface area contributed by atoms with Gasteiger partial charge in [0.1, 0.15) is 28.0 Å². The molecule has 1 aliphatic heterocycles. The van der Waals surface area contributed by atoms with Gasteiger partial charge >= 0.3 is 5.97 Å². The summed E-state index contributed by atoms with van der Waals surface area (Å²) < 4.78 is 4.83. The number of rotatable bonds is 4. The van der Waals surface area contributed by atoms with E-state index < -0.39 is 5.97 Å². The number of hydrogen-bond acceptors (Lipinski definition) is 8. The largest absolute Gasteiger partial charge is 0.465 e. The Balaban J connectivity index is 1.43. The Morgan fingerprint density at radius 1 is 1.36 bits per heavy atom. The van der Waals surface area contributed by atoms with E-state index in [0.29, 0.717) is 23.5 Å².